The molecule has 0 saturated heterocycles. The van der Waals surface area contributed by atoms with Gasteiger partial charge in [0.25, 0.3) is 5.91 Å². The van der Waals surface area contributed by atoms with E-state index in [1.165, 1.54) is 4.90 Å². The van der Waals surface area contributed by atoms with Crippen LogP contribution in [0.25, 0.3) is 0 Å². The number of anilines is 1. The molecule has 2 N–H and O–H groups in total. The van der Waals surface area contributed by atoms with Crippen LogP contribution in [0, 0.1) is 13.8 Å². The van der Waals surface area contributed by atoms with Crippen LogP contribution < -0.4 is 10.6 Å². The van der Waals surface area contributed by atoms with Crippen LogP contribution in [0.3, 0.4) is 0 Å². The summed E-state index contributed by atoms with van der Waals surface area (Å²) in [5.41, 5.74) is 2.52. The minimum atomic E-state index is -0.893. The monoisotopic (exact) mass is 467 g/mol. The van der Waals surface area contributed by atoms with Crippen molar-refractivity contribution < 1.29 is 19.1 Å². The first kappa shape index (κ1) is 26.9. The van der Waals surface area contributed by atoms with E-state index in [1.54, 1.807) is 27.7 Å². The van der Waals surface area contributed by atoms with Gasteiger partial charge >= 0.3 is 6.09 Å². The van der Waals surface area contributed by atoms with Crippen LogP contribution in [0.15, 0.2) is 48.5 Å². The number of carbonyl (C=O) groups excluding carboxylic acids is 3. The van der Waals surface area contributed by atoms with Crippen LogP contribution in [0.1, 0.15) is 64.3 Å². The number of benzene rings is 2. The van der Waals surface area contributed by atoms with Crippen molar-refractivity contribution in [3.63, 3.8) is 0 Å². The van der Waals surface area contributed by atoms with Crippen molar-refractivity contribution in [3.8, 4) is 0 Å². The van der Waals surface area contributed by atoms with Gasteiger partial charge in [0.2, 0.25) is 5.91 Å². The van der Waals surface area contributed by atoms with Gasteiger partial charge in [0.15, 0.2) is 0 Å². The van der Waals surface area contributed by atoms with Crippen LogP contribution in [0.2, 0.25) is 0 Å². The lowest BCUT2D eigenvalue weighted by Crippen LogP contribution is -2.53. The van der Waals surface area contributed by atoms with Gasteiger partial charge in [-0.25, -0.2) is 4.79 Å². The van der Waals surface area contributed by atoms with Crippen LogP contribution in [0.5, 0.6) is 0 Å². The molecule has 0 aliphatic heterocycles. The van der Waals surface area contributed by atoms with Gasteiger partial charge in [0, 0.05) is 11.7 Å². The van der Waals surface area contributed by atoms with E-state index in [4.69, 9.17) is 4.74 Å². The van der Waals surface area contributed by atoms with Gasteiger partial charge in [-0.2, -0.15) is 0 Å². The molecule has 2 atom stereocenters. The van der Waals surface area contributed by atoms with E-state index in [0.29, 0.717) is 5.69 Å². The second-order valence-electron chi connectivity index (χ2n) is 9.77. The molecule has 2 rings (SSSR count). The summed E-state index contributed by atoms with van der Waals surface area (Å²) in [5, 5.41) is 5.60. The maximum atomic E-state index is 13.7. The van der Waals surface area contributed by atoms with Gasteiger partial charge in [0.1, 0.15) is 17.7 Å². The molecule has 0 aliphatic rings. The average molecular weight is 468 g/mol. The highest BCUT2D eigenvalue weighted by molar-refractivity contribution is 5.99. The van der Waals surface area contributed by atoms with Crippen molar-refractivity contribution >= 4 is 23.6 Å². The minimum Gasteiger partial charge on any atom is -0.444 e. The lowest BCUT2D eigenvalue weighted by Gasteiger charge is -2.37. The summed E-state index contributed by atoms with van der Waals surface area (Å²) in [4.78, 5) is 41.1. The number of rotatable bonds is 7. The molecule has 2 unspecified atom stereocenters. The standard InChI is InChI=1S/C27H37N3O4/c1-17(2)30(25(32)20(5)28-26(33)34-27(6,7)8)23(21-15-11-9-13-18(21)3)24(31)29-22-16-12-10-14-19(22)4/h9-17,20,23H,1-8H3,(H,28,33)(H,29,31). The maximum Gasteiger partial charge on any atom is 0.408 e. The van der Waals surface area contributed by atoms with Crippen molar-refractivity contribution in [2.75, 3.05) is 5.32 Å². The Morgan fingerprint density at radius 2 is 1.44 bits per heavy atom. The first-order chi connectivity index (χ1) is 15.8. The third-order valence-corrected chi connectivity index (χ3v) is 5.33. The third kappa shape index (κ3) is 7.07. The van der Waals surface area contributed by atoms with E-state index in [9.17, 15) is 14.4 Å². The summed E-state index contributed by atoms with van der Waals surface area (Å²) in [6, 6.07) is 12.9. The number of nitrogens with zero attached hydrogens (tertiary/aromatic N) is 1. The van der Waals surface area contributed by atoms with Gasteiger partial charge in [-0.3, -0.25) is 9.59 Å². The Labute approximate surface area is 202 Å². The van der Waals surface area contributed by atoms with Crippen LogP contribution in [0.4, 0.5) is 10.5 Å². The fraction of sp³-hybridized carbons (Fsp3) is 0.444. The van der Waals surface area contributed by atoms with E-state index in [1.807, 2.05) is 76.2 Å². The number of para-hydroxylation sites is 1. The third-order valence-electron chi connectivity index (χ3n) is 5.33. The van der Waals surface area contributed by atoms with Crippen LogP contribution in [-0.4, -0.2) is 40.5 Å². The van der Waals surface area contributed by atoms with Crippen molar-refractivity contribution in [2.45, 2.75) is 79.1 Å². The first-order valence-electron chi connectivity index (χ1n) is 11.6. The number of carbonyl (C=O) groups is 3. The molecule has 0 aliphatic carbocycles. The molecular formula is C27H37N3O4. The molecule has 0 saturated carbocycles. The van der Waals surface area contributed by atoms with Crippen molar-refractivity contribution in [1.82, 2.24) is 10.2 Å². The molecule has 3 amide bonds. The van der Waals surface area contributed by atoms with Gasteiger partial charge in [-0.15, -0.1) is 0 Å². The molecule has 2 aromatic carbocycles. The molecule has 0 bridgehead atoms. The topological polar surface area (TPSA) is 87.7 Å². The first-order valence-corrected chi connectivity index (χ1v) is 11.6. The maximum absolute atomic E-state index is 13.7. The fourth-order valence-corrected chi connectivity index (χ4v) is 3.67. The molecular weight excluding hydrogens is 430 g/mol. The minimum absolute atomic E-state index is 0.317. The van der Waals surface area contributed by atoms with Crippen LogP contribution in [-0.2, 0) is 14.3 Å². The quantitative estimate of drug-likeness (QED) is 0.591. The average Bonchev–Trinajstić information content (AvgIpc) is 2.72. The smallest absolute Gasteiger partial charge is 0.408 e. The Morgan fingerprint density at radius 1 is 0.882 bits per heavy atom. The fourth-order valence-electron chi connectivity index (χ4n) is 3.67. The number of amides is 3. The molecule has 0 fully saturated rings. The Bertz CT molecular complexity index is 1030. The number of alkyl carbamates (subject to hydrolysis) is 1. The highest BCUT2D eigenvalue weighted by Gasteiger charge is 2.37. The predicted octanol–water partition coefficient (Wildman–Crippen LogP) is 5.13. The number of nitrogens with one attached hydrogen (secondary N) is 2. The van der Waals surface area contributed by atoms with Crippen molar-refractivity contribution in [2.24, 2.45) is 0 Å². The predicted molar refractivity (Wildman–Crippen MR) is 135 cm³/mol. The highest BCUT2D eigenvalue weighted by Crippen LogP contribution is 2.29. The van der Waals surface area contributed by atoms with Crippen molar-refractivity contribution in [3.05, 3.63) is 65.2 Å². The summed E-state index contributed by atoms with van der Waals surface area (Å²) >= 11 is 0. The number of ether oxygens (including phenoxy) is 1. The van der Waals surface area contributed by atoms with E-state index in [2.05, 4.69) is 10.6 Å². The number of aryl methyl sites for hydroxylation is 2. The van der Waals surface area contributed by atoms with E-state index in [0.717, 1.165) is 16.7 Å². The normalized spacial score (nSPS) is 13.1. The Morgan fingerprint density at radius 3 is 1.97 bits per heavy atom. The molecule has 0 aromatic heterocycles. The molecule has 2 aromatic rings. The van der Waals surface area contributed by atoms with Gasteiger partial charge in [-0.1, -0.05) is 42.5 Å². The largest absolute Gasteiger partial charge is 0.444 e. The summed E-state index contributed by atoms with van der Waals surface area (Å²) in [6.07, 6.45) is -0.686. The van der Waals surface area contributed by atoms with E-state index < -0.39 is 23.8 Å². The SMILES string of the molecule is Cc1ccccc1NC(=O)C(c1ccccc1C)N(C(=O)C(C)NC(=O)OC(C)(C)C)C(C)C. The lowest BCUT2D eigenvalue weighted by atomic mass is 9.97. The Hall–Kier alpha value is -3.35. The summed E-state index contributed by atoms with van der Waals surface area (Å²) in [6.45, 7) is 14.4. The molecule has 0 spiro atoms. The summed E-state index contributed by atoms with van der Waals surface area (Å²) in [7, 11) is 0. The second kappa shape index (κ2) is 11.2. The molecule has 184 valence electrons. The zero-order valence-corrected chi connectivity index (χ0v) is 21.4. The van der Waals surface area contributed by atoms with Gasteiger partial charge < -0.3 is 20.3 Å². The zero-order valence-electron chi connectivity index (χ0n) is 21.4. The number of hydrogen-bond acceptors (Lipinski definition) is 4. The molecule has 0 radical (unpaired) electrons. The molecule has 34 heavy (non-hydrogen) atoms. The number of hydrogen-bond donors (Lipinski definition) is 2. The van der Waals surface area contributed by atoms with E-state index in [-0.39, 0.29) is 17.9 Å². The second-order valence-corrected chi connectivity index (χ2v) is 9.77. The van der Waals surface area contributed by atoms with Gasteiger partial charge in [0.05, 0.1) is 0 Å². The Kier molecular flexibility index (Phi) is 8.85. The van der Waals surface area contributed by atoms with Crippen molar-refractivity contribution in [1.29, 1.82) is 0 Å². The molecule has 0 heterocycles. The summed E-state index contributed by atoms with van der Waals surface area (Å²) < 4.78 is 5.30. The summed E-state index contributed by atoms with van der Waals surface area (Å²) in [5.74, 6) is -0.704. The van der Waals surface area contributed by atoms with Crippen LogP contribution >= 0.6 is 0 Å². The molecule has 7 nitrogen and oxygen atoms in total. The van der Waals surface area contributed by atoms with E-state index >= 15 is 0 Å². The van der Waals surface area contributed by atoms with Gasteiger partial charge in [-0.05, 0) is 78.1 Å². The zero-order chi connectivity index (χ0) is 25.6. The Balaban J connectivity index is 2.43. The lowest BCUT2D eigenvalue weighted by molar-refractivity contribution is -0.142. The highest BCUT2D eigenvalue weighted by atomic mass is 16.6. The molecule has 7 heteroatoms.